The molecule has 3 N–H and O–H groups in total. The van der Waals surface area contributed by atoms with Crippen molar-refractivity contribution in [1.82, 2.24) is 0 Å². The highest BCUT2D eigenvalue weighted by atomic mass is 35.5. The summed E-state index contributed by atoms with van der Waals surface area (Å²) in [6.45, 7) is 7.86. The molecule has 0 saturated carbocycles. The van der Waals surface area contributed by atoms with Gasteiger partial charge >= 0.3 is 6.03 Å². The van der Waals surface area contributed by atoms with E-state index in [-0.39, 0.29) is 11.7 Å². The van der Waals surface area contributed by atoms with Crippen LogP contribution in [0.4, 0.5) is 16.2 Å². The van der Waals surface area contributed by atoms with E-state index in [1.807, 2.05) is 76.2 Å². The number of hydrogen-bond donors (Lipinski definition) is 3. The lowest BCUT2D eigenvalue weighted by Gasteiger charge is -2.17. The zero-order chi connectivity index (χ0) is 26.5. The number of benzene rings is 4. The lowest BCUT2D eigenvalue weighted by molar-refractivity contribution is 0.262. The second-order valence-electron chi connectivity index (χ2n) is 9.03. The zero-order valence-corrected chi connectivity index (χ0v) is 21.9. The number of halogens is 1. The molecule has 0 fully saturated rings. The monoisotopic (exact) mass is 516 g/mol. The van der Waals surface area contributed by atoms with Gasteiger partial charge in [0, 0.05) is 11.3 Å². The molecule has 7 heteroatoms. The highest BCUT2D eigenvalue weighted by Gasteiger charge is 2.15. The van der Waals surface area contributed by atoms with E-state index in [0.29, 0.717) is 39.4 Å². The minimum atomic E-state index is -0.437. The number of phenolic OH excluding ortho intramolecular Hbond substituents is 1. The molecule has 0 bridgehead atoms. The van der Waals surface area contributed by atoms with Crippen LogP contribution in [0, 0.1) is 13.8 Å². The van der Waals surface area contributed by atoms with Crippen LogP contribution in [0.25, 0.3) is 0 Å². The van der Waals surface area contributed by atoms with Gasteiger partial charge in [0.2, 0.25) is 0 Å². The lowest BCUT2D eigenvalue weighted by atomic mass is 10.0. The summed E-state index contributed by atoms with van der Waals surface area (Å²) in [5.41, 5.74) is 3.58. The number of carbonyl (C=O) groups is 1. The van der Waals surface area contributed by atoms with Crippen molar-refractivity contribution in [3.63, 3.8) is 0 Å². The molecule has 6 nitrogen and oxygen atoms in total. The summed E-state index contributed by atoms with van der Waals surface area (Å²) in [7, 11) is 0. The molecule has 2 amide bonds. The quantitative estimate of drug-likeness (QED) is 0.229. The Balaban J connectivity index is 1.49. The number of phenols is 1. The topological polar surface area (TPSA) is 79.8 Å². The Labute approximate surface area is 221 Å². The van der Waals surface area contributed by atoms with E-state index in [9.17, 15) is 9.90 Å². The Morgan fingerprint density at radius 3 is 2.16 bits per heavy atom. The summed E-state index contributed by atoms with van der Waals surface area (Å²) in [4.78, 5) is 12.9. The van der Waals surface area contributed by atoms with Gasteiger partial charge < -0.3 is 25.2 Å². The van der Waals surface area contributed by atoms with Gasteiger partial charge in [0.15, 0.2) is 5.75 Å². The number of carbonyl (C=O) groups excluding carboxylic acids is 1. The molecule has 0 aliphatic carbocycles. The molecule has 0 aliphatic heterocycles. The average molecular weight is 517 g/mol. The maximum absolute atomic E-state index is 12.9. The molecule has 4 rings (SSSR count). The van der Waals surface area contributed by atoms with Crippen molar-refractivity contribution < 1.29 is 19.4 Å². The number of nitrogens with one attached hydrogen (secondary N) is 2. The average Bonchev–Trinajstić information content (AvgIpc) is 2.85. The molecule has 4 aromatic carbocycles. The number of aromatic hydroxyl groups is 1. The van der Waals surface area contributed by atoms with Crippen molar-refractivity contribution in [3.8, 4) is 28.7 Å². The summed E-state index contributed by atoms with van der Waals surface area (Å²) >= 11 is 6.36. The molecule has 0 aromatic heterocycles. The number of amides is 2. The number of hydrogen-bond acceptors (Lipinski definition) is 4. The van der Waals surface area contributed by atoms with Crippen molar-refractivity contribution in [2.24, 2.45) is 0 Å². The molecule has 0 spiro atoms. The fourth-order valence-electron chi connectivity index (χ4n) is 3.96. The van der Waals surface area contributed by atoms with E-state index in [1.165, 1.54) is 0 Å². The van der Waals surface area contributed by atoms with Crippen LogP contribution < -0.4 is 20.1 Å². The molecule has 4 aromatic rings. The standard InChI is InChI=1S/C30H29ClN2O4/c1-18(2)24-17-23(13-14-27(24)34)37-28-19(3)15-21(16-20(28)4)32-30(35)33-26-12-8-11-25(31)29(26)36-22-9-6-5-7-10-22/h5-18,34H,1-4H3,(H2,32,33,35). The van der Waals surface area contributed by atoms with Gasteiger partial charge in [0.05, 0.1) is 10.7 Å². The maximum atomic E-state index is 12.9. The van der Waals surface area contributed by atoms with Crippen LogP contribution in [0.15, 0.2) is 78.9 Å². The van der Waals surface area contributed by atoms with E-state index in [0.717, 1.165) is 16.7 Å². The van der Waals surface area contributed by atoms with E-state index in [2.05, 4.69) is 10.6 Å². The number of urea groups is 1. The van der Waals surface area contributed by atoms with Crippen LogP contribution in [-0.4, -0.2) is 11.1 Å². The van der Waals surface area contributed by atoms with Crippen LogP contribution in [-0.2, 0) is 0 Å². The normalized spacial score (nSPS) is 10.8. The SMILES string of the molecule is Cc1cc(NC(=O)Nc2cccc(Cl)c2Oc2ccccc2)cc(C)c1Oc1ccc(O)c(C(C)C)c1. The summed E-state index contributed by atoms with van der Waals surface area (Å²) in [6, 6.07) is 22.8. The first kappa shape index (κ1) is 25.9. The molecule has 37 heavy (non-hydrogen) atoms. The second kappa shape index (κ2) is 11.3. The number of aryl methyl sites for hydroxylation is 2. The Kier molecular flexibility index (Phi) is 7.89. The van der Waals surface area contributed by atoms with Crippen molar-refractivity contribution in [3.05, 3.63) is 101 Å². The molecule has 190 valence electrons. The summed E-state index contributed by atoms with van der Waals surface area (Å²) in [5.74, 6) is 2.71. The Morgan fingerprint density at radius 2 is 1.49 bits per heavy atom. The summed E-state index contributed by atoms with van der Waals surface area (Å²) in [6.07, 6.45) is 0. The smallest absolute Gasteiger partial charge is 0.323 e. The Bertz CT molecular complexity index is 1400. The van der Waals surface area contributed by atoms with E-state index in [4.69, 9.17) is 21.1 Å². The van der Waals surface area contributed by atoms with Gasteiger partial charge in [-0.3, -0.25) is 0 Å². The van der Waals surface area contributed by atoms with Crippen LogP contribution in [0.5, 0.6) is 28.7 Å². The largest absolute Gasteiger partial charge is 0.508 e. The molecule has 0 unspecified atom stereocenters. The van der Waals surface area contributed by atoms with Crippen molar-refractivity contribution >= 4 is 29.0 Å². The highest BCUT2D eigenvalue weighted by Crippen LogP contribution is 2.37. The molecule has 0 saturated heterocycles. The van der Waals surface area contributed by atoms with Crippen molar-refractivity contribution in [1.29, 1.82) is 0 Å². The third-order valence-electron chi connectivity index (χ3n) is 5.74. The van der Waals surface area contributed by atoms with Gasteiger partial charge in [-0.1, -0.05) is 49.7 Å². The summed E-state index contributed by atoms with van der Waals surface area (Å²) < 4.78 is 12.1. The zero-order valence-electron chi connectivity index (χ0n) is 21.1. The number of rotatable bonds is 7. The minimum Gasteiger partial charge on any atom is -0.508 e. The van der Waals surface area contributed by atoms with Gasteiger partial charge in [-0.2, -0.15) is 0 Å². The van der Waals surface area contributed by atoms with Crippen LogP contribution >= 0.6 is 11.6 Å². The molecular formula is C30H29ClN2O4. The lowest BCUT2D eigenvalue weighted by Crippen LogP contribution is -2.20. The van der Waals surface area contributed by atoms with Gasteiger partial charge in [-0.05, 0) is 85.5 Å². The van der Waals surface area contributed by atoms with Crippen LogP contribution in [0.2, 0.25) is 5.02 Å². The Hall–Kier alpha value is -4.16. The third-order valence-corrected chi connectivity index (χ3v) is 6.04. The number of ether oxygens (including phenoxy) is 2. The minimum absolute atomic E-state index is 0.161. The van der Waals surface area contributed by atoms with Crippen LogP contribution in [0.3, 0.4) is 0 Å². The summed E-state index contributed by atoms with van der Waals surface area (Å²) in [5, 5.41) is 16.2. The highest BCUT2D eigenvalue weighted by molar-refractivity contribution is 6.32. The molecule has 0 atom stereocenters. The second-order valence-corrected chi connectivity index (χ2v) is 9.43. The number of para-hydroxylation sites is 2. The fourth-order valence-corrected chi connectivity index (χ4v) is 4.17. The predicted octanol–water partition coefficient (Wildman–Crippen LogP) is 9.01. The third kappa shape index (κ3) is 6.35. The van der Waals surface area contributed by atoms with E-state index in [1.54, 1.807) is 30.3 Å². The first-order valence-electron chi connectivity index (χ1n) is 11.9. The van der Waals surface area contributed by atoms with Crippen LogP contribution in [0.1, 0.15) is 36.5 Å². The maximum Gasteiger partial charge on any atom is 0.323 e. The Morgan fingerprint density at radius 1 is 0.811 bits per heavy atom. The van der Waals surface area contributed by atoms with Gasteiger partial charge in [-0.15, -0.1) is 0 Å². The first-order valence-corrected chi connectivity index (χ1v) is 12.3. The van der Waals surface area contributed by atoms with E-state index < -0.39 is 6.03 Å². The molecule has 0 heterocycles. The number of anilines is 2. The van der Waals surface area contributed by atoms with Crippen molar-refractivity contribution in [2.45, 2.75) is 33.6 Å². The van der Waals surface area contributed by atoms with Gasteiger partial charge in [-0.25, -0.2) is 4.79 Å². The molecule has 0 radical (unpaired) electrons. The molecule has 0 aliphatic rings. The van der Waals surface area contributed by atoms with E-state index >= 15 is 0 Å². The first-order chi connectivity index (χ1) is 17.7. The van der Waals surface area contributed by atoms with Gasteiger partial charge in [0.1, 0.15) is 23.0 Å². The molecular weight excluding hydrogens is 488 g/mol. The van der Waals surface area contributed by atoms with Gasteiger partial charge in [0.25, 0.3) is 0 Å². The fraction of sp³-hybridized carbons (Fsp3) is 0.167. The predicted molar refractivity (Wildman–Crippen MR) is 149 cm³/mol. The van der Waals surface area contributed by atoms with Crippen molar-refractivity contribution in [2.75, 3.05) is 10.6 Å².